The van der Waals surface area contributed by atoms with Gasteiger partial charge in [0, 0.05) is 12.2 Å². The second-order valence-corrected chi connectivity index (χ2v) is 7.94. The number of amides is 4. The SMILES string of the molecule is CCCCc1ccc(NC(=O)COC(=O)CCN2C(=O)NC3(CCCC3)C2=O)cc1. The lowest BCUT2D eigenvalue weighted by atomic mass is 9.98. The van der Waals surface area contributed by atoms with Gasteiger partial charge in [0.2, 0.25) is 0 Å². The summed E-state index contributed by atoms with van der Waals surface area (Å²) in [5.74, 6) is -1.34. The van der Waals surface area contributed by atoms with E-state index in [1.807, 2.05) is 24.3 Å². The van der Waals surface area contributed by atoms with Crippen LogP contribution in [0.3, 0.4) is 0 Å². The van der Waals surface area contributed by atoms with Gasteiger partial charge in [-0.25, -0.2) is 4.79 Å². The van der Waals surface area contributed by atoms with Gasteiger partial charge >= 0.3 is 12.0 Å². The summed E-state index contributed by atoms with van der Waals surface area (Å²) >= 11 is 0. The summed E-state index contributed by atoms with van der Waals surface area (Å²) in [5, 5.41) is 5.45. The molecule has 1 aromatic carbocycles. The Bertz CT molecular complexity index is 799. The second-order valence-electron chi connectivity index (χ2n) is 7.94. The van der Waals surface area contributed by atoms with Crippen molar-refractivity contribution in [2.75, 3.05) is 18.5 Å². The highest BCUT2D eigenvalue weighted by molar-refractivity contribution is 6.07. The van der Waals surface area contributed by atoms with Crippen LogP contribution in [0.25, 0.3) is 0 Å². The third-order valence-electron chi connectivity index (χ3n) is 5.66. The number of unbranched alkanes of at least 4 members (excludes halogenated alkanes) is 1. The van der Waals surface area contributed by atoms with Gasteiger partial charge in [-0.15, -0.1) is 0 Å². The van der Waals surface area contributed by atoms with E-state index >= 15 is 0 Å². The van der Waals surface area contributed by atoms with Crippen molar-refractivity contribution in [3.63, 3.8) is 0 Å². The quantitative estimate of drug-likeness (QED) is 0.477. The zero-order valence-corrected chi connectivity index (χ0v) is 17.4. The van der Waals surface area contributed by atoms with Crippen molar-refractivity contribution in [3.8, 4) is 0 Å². The molecule has 2 N–H and O–H groups in total. The molecule has 1 aromatic rings. The molecule has 30 heavy (non-hydrogen) atoms. The number of hydrogen-bond donors (Lipinski definition) is 2. The van der Waals surface area contributed by atoms with Crippen molar-refractivity contribution in [1.29, 1.82) is 0 Å². The number of nitrogens with one attached hydrogen (secondary N) is 2. The maximum Gasteiger partial charge on any atom is 0.325 e. The first kappa shape index (κ1) is 21.8. The molecule has 2 aliphatic rings. The number of nitrogens with zero attached hydrogens (tertiary/aromatic N) is 1. The lowest BCUT2D eigenvalue weighted by Crippen LogP contribution is -2.44. The Labute approximate surface area is 176 Å². The van der Waals surface area contributed by atoms with Crippen molar-refractivity contribution < 1.29 is 23.9 Å². The minimum atomic E-state index is -0.785. The van der Waals surface area contributed by atoms with Crippen LogP contribution in [0.15, 0.2) is 24.3 Å². The van der Waals surface area contributed by atoms with Crippen LogP contribution < -0.4 is 10.6 Å². The first-order valence-electron chi connectivity index (χ1n) is 10.6. The molecule has 8 nitrogen and oxygen atoms in total. The molecule has 0 bridgehead atoms. The number of esters is 1. The van der Waals surface area contributed by atoms with Gasteiger partial charge in [0.15, 0.2) is 6.61 Å². The number of imide groups is 1. The van der Waals surface area contributed by atoms with Crippen molar-refractivity contribution in [2.45, 2.75) is 63.8 Å². The monoisotopic (exact) mass is 415 g/mol. The molecule has 4 amide bonds. The van der Waals surface area contributed by atoms with Crippen LogP contribution in [0.1, 0.15) is 57.4 Å². The molecule has 0 radical (unpaired) electrons. The van der Waals surface area contributed by atoms with E-state index in [-0.39, 0.29) is 18.9 Å². The lowest BCUT2D eigenvalue weighted by molar-refractivity contribution is -0.147. The summed E-state index contributed by atoms with van der Waals surface area (Å²) in [6.07, 6.45) is 6.18. The second kappa shape index (κ2) is 9.73. The lowest BCUT2D eigenvalue weighted by Gasteiger charge is -2.19. The fraction of sp³-hybridized carbons (Fsp3) is 0.545. The Kier molecular flexibility index (Phi) is 7.07. The first-order valence-corrected chi connectivity index (χ1v) is 10.6. The zero-order valence-electron chi connectivity index (χ0n) is 17.4. The predicted molar refractivity (Wildman–Crippen MR) is 111 cm³/mol. The smallest absolute Gasteiger partial charge is 0.325 e. The van der Waals surface area contributed by atoms with Gasteiger partial charge in [-0.1, -0.05) is 38.3 Å². The molecule has 1 aliphatic carbocycles. The van der Waals surface area contributed by atoms with Crippen LogP contribution in [-0.4, -0.2) is 47.4 Å². The predicted octanol–water partition coefficient (Wildman–Crippen LogP) is 2.77. The Morgan fingerprint density at radius 1 is 1.17 bits per heavy atom. The number of ether oxygens (including phenoxy) is 1. The maximum absolute atomic E-state index is 12.5. The van der Waals surface area contributed by atoms with Crippen molar-refractivity contribution >= 4 is 29.5 Å². The van der Waals surface area contributed by atoms with Gasteiger partial charge in [0.1, 0.15) is 5.54 Å². The molecule has 8 heteroatoms. The highest BCUT2D eigenvalue weighted by atomic mass is 16.5. The number of rotatable bonds is 9. The molecule has 1 saturated heterocycles. The standard InChI is InChI=1S/C22H29N3O5/c1-2-3-6-16-7-9-17(10-8-16)23-18(26)15-30-19(27)11-14-25-20(28)22(24-21(25)29)12-4-5-13-22/h7-10H,2-6,11-15H2,1H3,(H,23,26)(H,24,29). The molecule has 2 fully saturated rings. The van der Waals surface area contributed by atoms with E-state index in [2.05, 4.69) is 17.6 Å². The normalized spacial score (nSPS) is 17.3. The van der Waals surface area contributed by atoms with Crippen molar-refractivity contribution in [1.82, 2.24) is 10.2 Å². The topological polar surface area (TPSA) is 105 Å². The van der Waals surface area contributed by atoms with E-state index in [9.17, 15) is 19.2 Å². The molecule has 1 saturated carbocycles. The first-order chi connectivity index (χ1) is 14.4. The van der Waals surface area contributed by atoms with E-state index in [0.717, 1.165) is 37.0 Å². The highest BCUT2D eigenvalue weighted by Crippen LogP contribution is 2.35. The minimum Gasteiger partial charge on any atom is -0.456 e. The number of urea groups is 1. The van der Waals surface area contributed by atoms with E-state index in [0.29, 0.717) is 18.5 Å². The Hall–Kier alpha value is -2.90. The number of carbonyl (C=O) groups excluding carboxylic acids is 4. The summed E-state index contributed by atoms with van der Waals surface area (Å²) in [6.45, 7) is 1.67. The third-order valence-corrected chi connectivity index (χ3v) is 5.66. The molecule has 0 aromatic heterocycles. The molecular formula is C22H29N3O5. The summed E-state index contributed by atoms with van der Waals surface area (Å²) in [5.41, 5.74) is 1.06. The Morgan fingerprint density at radius 3 is 2.53 bits per heavy atom. The minimum absolute atomic E-state index is 0.0495. The van der Waals surface area contributed by atoms with Gasteiger partial charge < -0.3 is 15.4 Å². The van der Waals surface area contributed by atoms with Gasteiger partial charge in [0.05, 0.1) is 6.42 Å². The molecular weight excluding hydrogens is 386 g/mol. The van der Waals surface area contributed by atoms with Gasteiger partial charge in [-0.05, 0) is 43.4 Å². The highest BCUT2D eigenvalue weighted by Gasteiger charge is 2.52. The fourth-order valence-corrected chi connectivity index (χ4v) is 3.95. The largest absolute Gasteiger partial charge is 0.456 e. The average Bonchev–Trinajstić information content (AvgIpc) is 3.29. The van der Waals surface area contributed by atoms with Crippen molar-refractivity contribution in [3.05, 3.63) is 29.8 Å². The zero-order chi connectivity index (χ0) is 21.6. The number of aryl methyl sites for hydroxylation is 1. The molecule has 1 aliphatic heterocycles. The van der Waals surface area contributed by atoms with E-state index in [4.69, 9.17) is 4.74 Å². The fourth-order valence-electron chi connectivity index (χ4n) is 3.95. The summed E-state index contributed by atoms with van der Waals surface area (Å²) in [7, 11) is 0. The summed E-state index contributed by atoms with van der Waals surface area (Å²) < 4.78 is 4.98. The number of anilines is 1. The molecule has 162 valence electrons. The molecule has 3 rings (SSSR count). The van der Waals surface area contributed by atoms with Crippen LogP contribution >= 0.6 is 0 Å². The van der Waals surface area contributed by atoms with Crippen LogP contribution in [0.5, 0.6) is 0 Å². The van der Waals surface area contributed by atoms with Crippen molar-refractivity contribution in [2.24, 2.45) is 0 Å². The number of carbonyl (C=O) groups is 4. The molecule has 0 unspecified atom stereocenters. The number of benzene rings is 1. The molecule has 1 spiro atoms. The molecule has 0 atom stereocenters. The van der Waals surface area contributed by atoms with Crippen LogP contribution in [-0.2, 0) is 25.5 Å². The van der Waals surface area contributed by atoms with Gasteiger partial charge in [0.25, 0.3) is 11.8 Å². The Balaban J connectivity index is 1.38. The molecule has 1 heterocycles. The van der Waals surface area contributed by atoms with E-state index in [1.165, 1.54) is 5.56 Å². The Morgan fingerprint density at radius 2 is 1.87 bits per heavy atom. The summed E-state index contributed by atoms with van der Waals surface area (Å²) in [4.78, 5) is 49.6. The average molecular weight is 415 g/mol. The van der Waals surface area contributed by atoms with Gasteiger partial charge in [-0.3, -0.25) is 19.3 Å². The van der Waals surface area contributed by atoms with E-state index < -0.39 is 30.1 Å². The van der Waals surface area contributed by atoms with Crippen LogP contribution in [0.2, 0.25) is 0 Å². The third kappa shape index (κ3) is 5.17. The van der Waals surface area contributed by atoms with Gasteiger partial charge in [-0.2, -0.15) is 0 Å². The van der Waals surface area contributed by atoms with Crippen LogP contribution in [0, 0.1) is 0 Å². The number of hydrogen-bond acceptors (Lipinski definition) is 5. The summed E-state index contributed by atoms with van der Waals surface area (Å²) in [6, 6.07) is 7.11. The van der Waals surface area contributed by atoms with E-state index in [1.54, 1.807) is 0 Å². The maximum atomic E-state index is 12.5. The van der Waals surface area contributed by atoms with Crippen LogP contribution in [0.4, 0.5) is 10.5 Å².